The van der Waals surface area contributed by atoms with Gasteiger partial charge >= 0.3 is 6.18 Å². The van der Waals surface area contributed by atoms with Crippen LogP contribution in [0.2, 0.25) is 5.02 Å². The monoisotopic (exact) mass is 332 g/mol. The first-order valence-electron chi connectivity index (χ1n) is 7.19. The minimum atomic E-state index is -4.57. The fourth-order valence-corrected chi connectivity index (χ4v) is 3.76. The van der Waals surface area contributed by atoms with E-state index in [0.717, 1.165) is 25.0 Å². The number of amides is 1. The summed E-state index contributed by atoms with van der Waals surface area (Å²) in [5.41, 5.74) is 5.06. The minimum absolute atomic E-state index is 0.0188. The van der Waals surface area contributed by atoms with Gasteiger partial charge in [0.15, 0.2) is 0 Å². The largest absolute Gasteiger partial charge is 0.417 e. The number of hydrogen-bond acceptors (Lipinski definition) is 2. The van der Waals surface area contributed by atoms with Gasteiger partial charge in [-0.15, -0.1) is 0 Å². The predicted molar refractivity (Wildman–Crippen MR) is 76.5 cm³/mol. The van der Waals surface area contributed by atoms with Crippen LogP contribution in [0.3, 0.4) is 0 Å². The van der Waals surface area contributed by atoms with E-state index in [-0.39, 0.29) is 23.4 Å². The molecule has 22 heavy (non-hydrogen) atoms. The molecular formula is C15H16ClF3N2O. The molecule has 1 aliphatic heterocycles. The molecule has 0 radical (unpaired) electrons. The molecule has 0 aromatic heterocycles. The van der Waals surface area contributed by atoms with Crippen LogP contribution in [0.5, 0.6) is 0 Å². The Morgan fingerprint density at radius 2 is 2.00 bits per heavy atom. The van der Waals surface area contributed by atoms with Gasteiger partial charge in [-0.05, 0) is 42.9 Å². The first-order chi connectivity index (χ1) is 10.3. The zero-order valence-corrected chi connectivity index (χ0v) is 12.5. The molecule has 3 nitrogen and oxygen atoms in total. The number of nitrogens with two attached hydrogens (primary N) is 1. The van der Waals surface area contributed by atoms with Crippen molar-refractivity contribution in [3.63, 3.8) is 0 Å². The van der Waals surface area contributed by atoms with Crippen molar-refractivity contribution in [3.8, 4) is 0 Å². The smallest absolute Gasteiger partial charge is 0.338 e. The molecule has 1 aliphatic carbocycles. The van der Waals surface area contributed by atoms with Crippen LogP contribution < -0.4 is 5.73 Å². The molecular weight excluding hydrogens is 317 g/mol. The maximum Gasteiger partial charge on any atom is 0.417 e. The molecule has 3 unspecified atom stereocenters. The average Bonchev–Trinajstić information content (AvgIpc) is 3.00. The summed E-state index contributed by atoms with van der Waals surface area (Å²) in [6, 6.07) is 3.38. The van der Waals surface area contributed by atoms with E-state index in [9.17, 15) is 18.0 Å². The lowest BCUT2D eigenvalue weighted by atomic mass is 9.98. The predicted octanol–water partition coefficient (Wildman–Crippen LogP) is 3.17. The lowest BCUT2D eigenvalue weighted by molar-refractivity contribution is -0.137. The molecule has 0 spiro atoms. The van der Waals surface area contributed by atoms with Crippen molar-refractivity contribution in [2.75, 3.05) is 13.1 Å². The number of benzene rings is 1. The van der Waals surface area contributed by atoms with Crippen molar-refractivity contribution in [1.82, 2.24) is 4.90 Å². The molecule has 1 amide bonds. The van der Waals surface area contributed by atoms with Crippen molar-refractivity contribution >= 4 is 17.5 Å². The van der Waals surface area contributed by atoms with E-state index in [1.165, 1.54) is 6.07 Å². The Hall–Kier alpha value is -1.27. The van der Waals surface area contributed by atoms with E-state index >= 15 is 0 Å². The SMILES string of the molecule is NC1CCC2CN(C(=O)c3ccc(Cl)c(C(F)(F)F)c3)CC12. The molecule has 2 N–H and O–H groups in total. The zero-order valence-electron chi connectivity index (χ0n) is 11.7. The molecule has 1 saturated heterocycles. The van der Waals surface area contributed by atoms with Crippen LogP contribution in [0.25, 0.3) is 0 Å². The van der Waals surface area contributed by atoms with Crippen LogP contribution in [-0.4, -0.2) is 29.9 Å². The second kappa shape index (κ2) is 5.42. The number of nitrogens with zero attached hydrogens (tertiary/aromatic N) is 1. The highest BCUT2D eigenvalue weighted by molar-refractivity contribution is 6.31. The third-order valence-corrected chi connectivity index (χ3v) is 5.05. The first-order valence-corrected chi connectivity index (χ1v) is 7.57. The Labute approximate surface area is 131 Å². The van der Waals surface area contributed by atoms with Crippen molar-refractivity contribution in [2.24, 2.45) is 17.6 Å². The molecule has 7 heteroatoms. The van der Waals surface area contributed by atoms with Crippen LogP contribution in [0, 0.1) is 11.8 Å². The van der Waals surface area contributed by atoms with Crippen LogP contribution >= 0.6 is 11.6 Å². The number of likely N-dealkylation sites (tertiary alicyclic amines) is 1. The normalized spacial score (nSPS) is 28.0. The van der Waals surface area contributed by atoms with Gasteiger partial charge in [-0.2, -0.15) is 13.2 Å². The number of fused-ring (bicyclic) bond motifs is 1. The Bertz CT molecular complexity index is 605. The molecule has 1 aromatic carbocycles. The number of carbonyl (C=O) groups is 1. The van der Waals surface area contributed by atoms with Gasteiger partial charge in [0.1, 0.15) is 0 Å². The summed E-state index contributed by atoms with van der Waals surface area (Å²) in [5, 5.41) is -0.399. The van der Waals surface area contributed by atoms with Crippen molar-refractivity contribution in [3.05, 3.63) is 34.3 Å². The van der Waals surface area contributed by atoms with E-state index in [4.69, 9.17) is 17.3 Å². The topological polar surface area (TPSA) is 46.3 Å². The Morgan fingerprint density at radius 3 is 2.64 bits per heavy atom. The molecule has 1 saturated carbocycles. The van der Waals surface area contributed by atoms with E-state index in [2.05, 4.69) is 0 Å². The van der Waals surface area contributed by atoms with Gasteiger partial charge in [-0.25, -0.2) is 0 Å². The average molecular weight is 333 g/mol. The third-order valence-electron chi connectivity index (χ3n) is 4.72. The second-order valence-corrected chi connectivity index (χ2v) is 6.47. The first kappa shape index (κ1) is 15.6. The fraction of sp³-hybridized carbons (Fsp3) is 0.533. The highest BCUT2D eigenvalue weighted by Crippen LogP contribution is 2.39. The van der Waals surface area contributed by atoms with Gasteiger partial charge in [-0.1, -0.05) is 11.6 Å². The molecule has 3 rings (SSSR count). The molecule has 1 heterocycles. The van der Waals surface area contributed by atoms with E-state index in [1.807, 2.05) is 0 Å². The number of halogens is 4. The van der Waals surface area contributed by atoms with Gasteiger partial charge in [0, 0.05) is 24.7 Å². The Kier molecular flexibility index (Phi) is 3.85. The molecule has 1 aromatic rings. The lowest BCUT2D eigenvalue weighted by Crippen LogP contribution is -2.33. The lowest BCUT2D eigenvalue weighted by Gasteiger charge is -2.19. The molecule has 0 bridgehead atoms. The zero-order chi connectivity index (χ0) is 16.1. The van der Waals surface area contributed by atoms with Crippen molar-refractivity contribution in [2.45, 2.75) is 25.1 Å². The van der Waals surface area contributed by atoms with Crippen molar-refractivity contribution < 1.29 is 18.0 Å². The summed E-state index contributed by atoms with van der Waals surface area (Å²) in [4.78, 5) is 14.1. The van der Waals surface area contributed by atoms with Crippen molar-refractivity contribution in [1.29, 1.82) is 0 Å². The standard InChI is InChI=1S/C15H16ClF3N2O/c16-12-3-1-8(5-11(12)15(17,18)19)14(22)21-6-9-2-4-13(20)10(9)7-21/h1,3,5,9-10,13H,2,4,6-7,20H2. The maximum atomic E-state index is 12.9. The van der Waals surface area contributed by atoms with Gasteiger partial charge < -0.3 is 10.6 Å². The summed E-state index contributed by atoms with van der Waals surface area (Å²) in [7, 11) is 0. The molecule has 2 aliphatic rings. The summed E-state index contributed by atoms with van der Waals surface area (Å²) >= 11 is 5.58. The molecule has 3 atom stereocenters. The third kappa shape index (κ3) is 2.70. The number of carbonyl (C=O) groups excluding carboxylic acids is 1. The second-order valence-electron chi connectivity index (χ2n) is 6.07. The summed E-state index contributed by atoms with van der Waals surface area (Å²) < 4.78 is 38.6. The van der Waals surface area contributed by atoms with Gasteiger partial charge in [0.25, 0.3) is 5.91 Å². The van der Waals surface area contributed by atoms with E-state index in [0.29, 0.717) is 19.0 Å². The highest BCUT2D eigenvalue weighted by Gasteiger charge is 2.43. The maximum absolute atomic E-state index is 12.9. The summed E-state index contributed by atoms with van der Waals surface area (Å²) in [6.45, 7) is 1.09. The number of hydrogen-bond donors (Lipinski definition) is 1. The summed E-state index contributed by atoms with van der Waals surface area (Å²) in [6.07, 6.45) is -2.64. The Morgan fingerprint density at radius 1 is 1.27 bits per heavy atom. The molecule has 120 valence electrons. The van der Waals surface area contributed by atoms with Gasteiger partial charge in [0.2, 0.25) is 0 Å². The minimum Gasteiger partial charge on any atom is -0.338 e. The van der Waals surface area contributed by atoms with Crippen LogP contribution in [0.15, 0.2) is 18.2 Å². The van der Waals surface area contributed by atoms with Crippen LogP contribution in [0.4, 0.5) is 13.2 Å². The quantitative estimate of drug-likeness (QED) is 0.858. The van der Waals surface area contributed by atoms with E-state index in [1.54, 1.807) is 4.90 Å². The number of alkyl halides is 3. The van der Waals surface area contributed by atoms with Gasteiger partial charge in [-0.3, -0.25) is 4.79 Å². The van der Waals surface area contributed by atoms with Crippen LogP contribution in [0.1, 0.15) is 28.8 Å². The highest BCUT2D eigenvalue weighted by atomic mass is 35.5. The van der Waals surface area contributed by atoms with Crippen LogP contribution in [-0.2, 0) is 6.18 Å². The molecule has 2 fully saturated rings. The fourth-order valence-electron chi connectivity index (χ4n) is 3.53. The summed E-state index contributed by atoms with van der Waals surface area (Å²) in [5.74, 6) is 0.246. The Balaban J connectivity index is 1.82. The van der Waals surface area contributed by atoms with Gasteiger partial charge in [0.05, 0.1) is 10.6 Å². The number of rotatable bonds is 1. The van der Waals surface area contributed by atoms with E-state index < -0.39 is 16.8 Å².